The van der Waals surface area contributed by atoms with E-state index in [0.29, 0.717) is 12.2 Å². The van der Waals surface area contributed by atoms with Crippen LogP contribution in [0.2, 0.25) is 0 Å². The fourth-order valence-electron chi connectivity index (χ4n) is 2.62. The molecular weight excluding hydrogens is 286 g/mol. The van der Waals surface area contributed by atoms with E-state index in [4.69, 9.17) is 16.3 Å². The highest BCUT2D eigenvalue weighted by molar-refractivity contribution is 6.21. The smallest absolute Gasteiger partial charge is 0.251 e. The Balaban J connectivity index is 1.98. The van der Waals surface area contributed by atoms with E-state index in [2.05, 4.69) is 12.2 Å². The Labute approximate surface area is 132 Å². The summed E-state index contributed by atoms with van der Waals surface area (Å²) in [7, 11) is 0. The Morgan fingerprint density at radius 3 is 2.95 bits per heavy atom. The van der Waals surface area contributed by atoms with Crippen LogP contribution in [0.5, 0.6) is 5.75 Å². The van der Waals surface area contributed by atoms with Crippen LogP contribution in [0.1, 0.15) is 55.8 Å². The Morgan fingerprint density at radius 1 is 1.33 bits per heavy atom. The number of carbonyl (C=O) groups is 1. The third-order valence-corrected chi connectivity index (χ3v) is 4.34. The normalized spacial score (nSPS) is 22.4. The second-order valence-electron chi connectivity index (χ2n) is 5.61. The van der Waals surface area contributed by atoms with Gasteiger partial charge in [0.1, 0.15) is 5.75 Å². The van der Waals surface area contributed by atoms with Crippen LogP contribution >= 0.6 is 11.6 Å². The molecule has 1 amide bonds. The van der Waals surface area contributed by atoms with Crippen molar-refractivity contribution < 1.29 is 9.53 Å². The first-order valence-corrected chi connectivity index (χ1v) is 8.32. The monoisotopic (exact) mass is 309 g/mol. The van der Waals surface area contributed by atoms with Gasteiger partial charge in [-0.1, -0.05) is 32.3 Å². The summed E-state index contributed by atoms with van der Waals surface area (Å²) >= 11 is 6.38. The molecule has 1 saturated carbocycles. The number of halogens is 1. The number of ether oxygens (including phenoxy) is 1. The summed E-state index contributed by atoms with van der Waals surface area (Å²) in [4.78, 5) is 12.4. The van der Waals surface area contributed by atoms with Crippen LogP contribution in [0.3, 0.4) is 0 Å². The summed E-state index contributed by atoms with van der Waals surface area (Å²) in [5, 5.41) is 3.12. The maximum absolute atomic E-state index is 12.4. The summed E-state index contributed by atoms with van der Waals surface area (Å²) in [6.45, 7) is 2.72. The zero-order valence-electron chi connectivity index (χ0n) is 12.6. The Kier molecular flexibility index (Phi) is 6.37. The molecule has 21 heavy (non-hydrogen) atoms. The van der Waals surface area contributed by atoms with E-state index >= 15 is 0 Å². The van der Waals surface area contributed by atoms with Crippen molar-refractivity contribution in [2.24, 2.45) is 0 Å². The predicted octanol–water partition coefficient (Wildman–Crippen LogP) is 4.15. The molecule has 2 rings (SSSR count). The van der Waals surface area contributed by atoms with Crippen molar-refractivity contribution in [1.29, 1.82) is 0 Å². The van der Waals surface area contributed by atoms with Crippen LogP contribution in [-0.2, 0) is 0 Å². The molecule has 0 aliphatic heterocycles. The largest absolute Gasteiger partial charge is 0.494 e. The molecule has 0 radical (unpaired) electrons. The van der Waals surface area contributed by atoms with Crippen LogP contribution in [0.4, 0.5) is 0 Å². The number of rotatable bonds is 5. The summed E-state index contributed by atoms with van der Waals surface area (Å²) in [6, 6.07) is 7.41. The van der Waals surface area contributed by atoms with Crippen LogP contribution in [-0.4, -0.2) is 23.9 Å². The predicted molar refractivity (Wildman–Crippen MR) is 86.2 cm³/mol. The number of hydrogen-bond acceptors (Lipinski definition) is 2. The highest BCUT2D eigenvalue weighted by atomic mass is 35.5. The second kappa shape index (κ2) is 8.28. The molecule has 4 heteroatoms. The highest BCUT2D eigenvalue weighted by Gasteiger charge is 2.23. The standard InChI is InChI=1S/C17H24ClNO2/c1-2-11-21-14-8-6-7-13(12-14)17(20)19-16-10-5-3-4-9-15(16)18/h6-8,12,15-16H,2-5,9-11H2,1H3,(H,19,20). The van der Waals surface area contributed by atoms with E-state index in [1.807, 2.05) is 18.2 Å². The second-order valence-corrected chi connectivity index (χ2v) is 6.17. The third kappa shape index (κ3) is 4.92. The molecular formula is C17H24ClNO2. The number of hydrogen-bond donors (Lipinski definition) is 1. The first-order chi connectivity index (χ1) is 10.2. The summed E-state index contributed by atoms with van der Waals surface area (Å²) in [5.41, 5.74) is 0.636. The summed E-state index contributed by atoms with van der Waals surface area (Å²) < 4.78 is 5.57. The molecule has 0 bridgehead atoms. The molecule has 2 atom stereocenters. The van der Waals surface area contributed by atoms with Crippen LogP contribution in [0.25, 0.3) is 0 Å². The molecule has 0 aromatic heterocycles. The van der Waals surface area contributed by atoms with Crippen LogP contribution in [0, 0.1) is 0 Å². The van der Waals surface area contributed by atoms with Gasteiger partial charge < -0.3 is 10.1 Å². The van der Waals surface area contributed by atoms with Gasteiger partial charge in [-0.25, -0.2) is 0 Å². The Morgan fingerprint density at radius 2 is 2.14 bits per heavy atom. The van der Waals surface area contributed by atoms with E-state index in [1.54, 1.807) is 6.07 Å². The average Bonchev–Trinajstić information content (AvgIpc) is 2.70. The molecule has 0 spiro atoms. The number of alkyl halides is 1. The van der Waals surface area contributed by atoms with Gasteiger partial charge in [-0.15, -0.1) is 11.6 Å². The lowest BCUT2D eigenvalue weighted by atomic mass is 10.1. The molecule has 0 heterocycles. The van der Waals surface area contributed by atoms with Crippen LogP contribution < -0.4 is 10.1 Å². The van der Waals surface area contributed by atoms with Gasteiger partial charge in [0.05, 0.1) is 12.0 Å². The lowest BCUT2D eigenvalue weighted by molar-refractivity contribution is 0.0933. The van der Waals surface area contributed by atoms with E-state index in [9.17, 15) is 4.79 Å². The first kappa shape index (κ1) is 16.2. The molecule has 3 nitrogen and oxygen atoms in total. The lowest BCUT2D eigenvalue weighted by Crippen LogP contribution is -2.40. The summed E-state index contributed by atoms with van der Waals surface area (Å²) in [6.07, 6.45) is 6.38. The maximum Gasteiger partial charge on any atom is 0.251 e. The Bertz CT molecular complexity index is 464. The number of benzene rings is 1. The van der Waals surface area contributed by atoms with E-state index in [1.165, 1.54) is 6.42 Å². The van der Waals surface area contributed by atoms with Crippen molar-refractivity contribution in [2.45, 2.75) is 56.9 Å². The minimum absolute atomic E-state index is 0.0379. The van der Waals surface area contributed by atoms with E-state index < -0.39 is 0 Å². The van der Waals surface area contributed by atoms with Crippen molar-refractivity contribution in [1.82, 2.24) is 5.32 Å². The number of carbonyl (C=O) groups excluding carboxylic acids is 1. The highest BCUT2D eigenvalue weighted by Crippen LogP contribution is 2.23. The lowest BCUT2D eigenvalue weighted by Gasteiger charge is -2.21. The van der Waals surface area contributed by atoms with Gasteiger partial charge in [-0.3, -0.25) is 4.79 Å². The quantitative estimate of drug-likeness (QED) is 0.655. The van der Waals surface area contributed by atoms with Crippen molar-refractivity contribution in [2.75, 3.05) is 6.61 Å². The fourth-order valence-corrected chi connectivity index (χ4v) is 2.97. The van der Waals surface area contributed by atoms with Crippen molar-refractivity contribution in [3.63, 3.8) is 0 Å². The molecule has 2 unspecified atom stereocenters. The molecule has 0 saturated heterocycles. The number of nitrogens with one attached hydrogen (secondary N) is 1. The Hall–Kier alpha value is -1.22. The molecule has 1 aliphatic carbocycles. The molecule has 1 fully saturated rings. The van der Waals surface area contributed by atoms with Gasteiger partial charge in [-0.05, 0) is 37.5 Å². The van der Waals surface area contributed by atoms with Crippen molar-refractivity contribution in [3.05, 3.63) is 29.8 Å². The van der Waals surface area contributed by atoms with Gasteiger partial charge in [0, 0.05) is 11.6 Å². The van der Waals surface area contributed by atoms with Crippen LogP contribution in [0.15, 0.2) is 24.3 Å². The first-order valence-electron chi connectivity index (χ1n) is 7.88. The topological polar surface area (TPSA) is 38.3 Å². The molecule has 1 aromatic rings. The molecule has 116 valence electrons. The maximum atomic E-state index is 12.4. The number of amides is 1. The van der Waals surface area contributed by atoms with Gasteiger partial charge in [0.15, 0.2) is 0 Å². The molecule has 1 aromatic carbocycles. The van der Waals surface area contributed by atoms with Crippen molar-refractivity contribution >= 4 is 17.5 Å². The minimum atomic E-state index is -0.0606. The minimum Gasteiger partial charge on any atom is -0.494 e. The van der Waals surface area contributed by atoms with E-state index in [0.717, 1.165) is 37.9 Å². The zero-order valence-corrected chi connectivity index (χ0v) is 13.4. The SMILES string of the molecule is CCCOc1cccc(C(=O)NC2CCCCCC2Cl)c1. The van der Waals surface area contributed by atoms with E-state index in [-0.39, 0.29) is 17.3 Å². The molecule has 1 N–H and O–H groups in total. The van der Waals surface area contributed by atoms with Gasteiger partial charge in [0.25, 0.3) is 5.91 Å². The van der Waals surface area contributed by atoms with Gasteiger partial charge >= 0.3 is 0 Å². The van der Waals surface area contributed by atoms with Gasteiger partial charge in [0.2, 0.25) is 0 Å². The molecule has 1 aliphatic rings. The fraction of sp³-hybridized carbons (Fsp3) is 0.588. The van der Waals surface area contributed by atoms with Crippen molar-refractivity contribution in [3.8, 4) is 5.75 Å². The average molecular weight is 310 g/mol. The summed E-state index contributed by atoms with van der Waals surface area (Å²) in [5.74, 6) is 0.683. The third-order valence-electron chi connectivity index (χ3n) is 3.82. The zero-order chi connectivity index (χ0) is 15.1. The van der Waals surface area contributed by atoms with Gasteiger partial charge in [-0.2, -0.15) is 0 Å².